The molecule has 1 heterocycles. The first-order valence-electron chi connectivity index (χ1n) is 8.43. The van der Waals surface area contributed by atoms with Gasteiger partial charge in [-0.15, -0.1) is 0 Å². The van der Waals surface area contributed by atoms with Crippen LogP contribution >= 0.6 is 0 Å². The van der Waals surface area contributed by atoms with Crippen molar-refractivity contribution in [2.24, 2.45) is 0 Å². The Morgan fingerprint density at radius 3 is 2.54 bits per heavy atom. The van der Waals surface area contributed by atoms with Crippen molar-refractivity contribution in [3.8, 4) is 5.75 Å². The van der Waals surface area contributed by atoms with E-state index in [-0.39, 0.29) is 5.78 Å². The van der Waals surface area contributed by atoms with Crippen LogP contribution in [0.2, 0.25) is 0 Å². The van der Waals surface area contributed by atoms with Gasteiger partial charge in [-0.3, -0.25) is 19.3 Å². The molecule has 1 aliphatic rings. The number of aliphatic carboxylic acids is 1. The quantitative estimate of drug-likeness (QED) is 0.806. The molecule has 1 unspecified atom stereocenters. The average molecular weight is 353 g/mol. The van der Waals surface area contributed by atoms with Gasteiger partial charge in [-0.25, -0.2) is 0 Å². The van der Waals surface area contributed by atoms with Crippen molar-refractivity contribution in [1.82, 2.24) is 0 Å². The predicted molar refractivity (Wildman–Crippen MR) is 95.5 cm³/mol. The summed E-state index contributed by atoms with van der Waals surface area (Å²) in [5, 5.41) is 9.23. The monoisotopic (exact) mass is 353 g/mol. The van der Waals surface area contributed by atoms with Crippen LogP contribution in [0.4, 0.5) is 5.69 Å². The zero-order chi connectivity index (χ0) is 18.7. The van der Waals surface area contributed by atoms with Gasteiger partial charge in [-0.2, -0.15) is 0 Å². The van der Waals surface area contributed by atoms with Crippen molar-refractivity contribution >= 4 is 23.3 Å². The molecule has 0 radical (unpaired) electrons. The molecule has 0 aromatic heterocycles. The molecule has 1 aliphatic heterocycles. The fourth-order valence-corrected chi connectivity index (χ4v) is 2.95. The van der Waals surface area contributed by atoms with Crippen LogP contribution in [0.15, 0.2) is 48.5 Å². The minimum absolute atomic E-state index is 0.0526. The summed E-state index contributed by atoms with van der Waals surface area (Å²) in [6.07, 6.45) is 0.180. The topological polar surface area (TPSA) is 83.9 Å². The lowest BCUT2D eigenvalue weighted by molar-refractivity contribution is -0.138. The number of fused-ring (bicyclic) bond motifs is 1. The van der Waals surface area contributed by atoms with Crippen molar-refractivity contribution in [3.63, 3.8) is 0 Å². The van der Waals surface area contributed by atoms with Gasteiger partial charge < -0.3 is 9.84 Å². The summed E-state index contributed by atoms with van der Waals surface area (Å²) in [6.45, 7) is 1.41. The first-order chi connectivity index (χ1) is 12.5. The van der Waals surface area contributed by atoms with Gasteiger partial charge in [0.05, 0.1) is 5.69 Å². The molecule has 26 heavy (non-hydrogen) atoms. The lowest BCUT2D eigenvalue weighted by Gasteiger charge is -2.34. The highest BCUT2D eigenvalue weighted by molar-refractivity contribution is 6.05. The standard InChI is InChI=1S/C20H19NO5/c1-2-6-16(22)14-9-10-17-15(11-14)21(12-18(23)24)20(25)19(26-17)13-7-4-3-5-8-13/h3-5,7-11,19H,2,6,12H2,1H3,(H,23,24). The number of nitrogens with zero attached hydrogens (tertiary/aromatic N) is 1. The van der Waals surface area contributed by atoms with Crippen LogP contribution in [0, 0.1) is 0 Å². The van der Waals surface area contributed by atoms with E-state index in [1.807, 2.05) is 13.0 Å². The predicted octanol–water partition coefficient (Wildman–Crippen LogP) is 3.22. The number of hydrogen-bond donors (Lipinski definition) is 1. The number of carbonyl (C=O) groups excluding carboxylic acids is 2. The number of rotatable bonds is 6. The molecule has 2 aromatic carbocycles. The van der Waals surface area contributed by atoms with Gasteiger partial charge in [0, 0.05) is 17.5 Å². The molecule has 1 N–H and O–H groups in total. The van der Waals surface area contributed by atoms with Crippen LogP contribution < -0.4 is 9.64 Å². The summed E-state index contributed by atoms with van der Waals surface area (Å²) in [5.41, 5.74) is 1.40. The van der Waals surface area contributed by atoms with Crippen LogP contribution in [0.25, 0.3) is 0 Å². The van der Waals surface area contributed by atoms with Gasteiger partial charge in [-0.05, 0) is 24.6 Å². The van der Waals surface area contributed by atoms with Gasteiger partial charge in [0.2, 0.25) is 6.10 Å². The fourth-order valence-electron chi connectivity index (χ4n) is 2.95. The molecular weight excluding hydrogens is 334 g/mol. The second kappa shape index (κ2) is 7.39. The van der Waals surface area contributed by atoms with E-state index in [9.17, 15) is 19.5 Å². The Morgan fingerprint density at radius 2 is 1.88 bits per heavy atom. The summed E-state index contributed by atoms with van der Waals surface area (Å²) < 4.78 is 5.84. The number of ketones is 1. The van der Waals surface area contributed by atoms with E-state index in [0.717, 1.165) is 0 Å². The number of carbonyl (C=O) groups is 3. The Morgan fingerprint density at radius 1 is 1.15 bits per heavy atom. The summed E-state index contributed by atoms with van der Waals surface area (Å²) in [4.78, 5) is 37.5. The third kappa shape index (κ3) is 3.44. The van der Waals surface area contributed by atoms with Crippen molar-refractivity contribution in [2.45, 2.75) is 25.9 Å². The smallest absolute Gasteiger partial charge is 0.323 e. The molecule has 0 bridgehead atoms. The van der Waals surface area contributed by atoms with E-state index in [2.05, 4.69) is 0 Å². The van der Waals surface area contributed by atoms with E-state index in [0.29, 0.717) is 35.4 Å². The highest BCUT2D eigenvalue weighted by atomic mass is 16.5. The zero-order valence-corrected chi connectivity index (χ0v) is 14.3. The first kappa shape index (κ1) is 17.7. The van der Waals surface area contributed by atoms with Crippen molar-refractivity contribution in [2.75, 3.05) is 11.4 Å². The van der Waals surface area contributed by atoms with E-state index in [1.165, 1.54) is 11.0 Å². The summed E-state index contributed by atoms with van der Waals surface area (Å²) >= 11 is 0. The summed E-state index contributed by atoms with van der Waals surface area (Å²) in [6, 6.07) is 13.7. The fraction of sp³-hybridized carbons (Fsp3) is 0.250. The van der Waals surface area contributed by atoms with Crippen molar-refractivity contribution in [3.05, 3.63) is 59.7 Å². The van der Waals surface area contributed by atoms with Crippen LogP contribution in [-0.2, 0) is 9.59 Å². The average Bonchev–Trinajstić information content (AvgIpc) is 2.64. The molecule has 0 aliphatic carbocycles. The van der Waals surface area contributed by atoms with E-state index in [4.69, 9.17) is 4.74 Å². The Kier molecular flexibility index (Phi) is 5.02. The molecule has 0 fully saturated rings. The van der Waals surface area contributed by atoms with Gasteiger partial charge >= 0.3 is 5.97 Å². The van der Waals surface area contributed by atoms with Crippen LogP contribution in [0.3, 0.4) is 0 Å². The third-order valence-electron chi connectivity index (χ3n) is 4.18. The molecule has 6 nitrogen and oxygen atoms in total. The Labute approximate surface area is 151 Å². The maximum atomic E-state index is 12.9. The number of carboxylic acids is 1. The van der Waals surface area contributed by atoms with Crippen LogP contribution in [-0.4, -0.2) is 29.3 Å². The minimum Gasteiger partial charge on any atom is -0.480 e. The van der Waals surface area contributed by atoms with Crippen molar-refractivity contribution < 1.29 is 24.2 Å². The first-order valence-corrected chi connectivity index (χ1v) is 8.43. The van der Waals surface area contributed by atoms with Crippen molar-refractivity contribution in [1.29, 1.82) is 0 Å². The highest BCUT2D eigenvalue weighted by Gasteiger charge is 2.36. The van der Waals surface area contributed by atoms with E-state index in [1.54, 1.807) is 36.4 Å². The Hall–Kier alpha value is -3.15. The lowest BCUT2D eigenvalue weighted by Crippen LogP contribution is -2.44. The number of benzene rings is 2. The zero-order valence-electron chi connectivity index (χ0n) is 14.3. The minimum atomic E-state index is -1.14. The number of amides is 1. The SMILES string of the molecule is CCCC(=O)c1ccc2c(c1)N(CC(=O)O)C(=O)C(c1ccccc1)O2. The number of carboxylic acid groups (broad SMARTS) is 1. The summed E-state index contributed by atoms with van der Waals surface area (Å²) in [5.74, 6) is -1.27. The molecule has 3 rings (SSSR count). The van der Waals surface area contributed by atoms with Gasteiger partial charge in [0.1, 0.15) is 12.3 Å². The molecule has 2 aromatic rings. The lowest BCUT2D eigenvalue weighted by atomic mass is 10.0. The Balaban J connectivity index is 2.03. The number of Topliss-reactive ketones (excluding diaryl/α,β-unsaturated/α-hetero) is 1. The largest absolute Gasteiger partial charge is 0.480 e. The highest BCUT2D eigenvalue weighted by Crippen LogP contribution is 2.39. The molecule has 134 valence electrons. The number of anilines is 1. The van der Waals surface area contributed by atoms with Gasteiger partial charge in [-0.1, -0.05) is 37.3 Å². The van der Waals surface area contributed by atoms with E-state index >= 15 is 0 Å². The molecule has 1 atom stereocenters. The van der Waals surface area contributed by atoms with Gasteiger partial charge in [0.25, 0.3) is 5.91 Å². The van der Waals surface area contributed by atoms with Crippen LogP contribution in [0.5, 0.6) is 5.75 Å². The second-order valence-corrected chi connectivity index (χ2v) is 6.08. The maximum absolute atomic E-state index is 12.9. The van der Waals surface area contributed by atoms with Crippen LogP contribution in [0.1, 0.15) is 41.8 Å². The number of hydrogen-bond acceptors (Lipinski definition) is 4. The third-order valence-corrected chi connectivity index (χ3v) is 4.18. The maximum Gasteiger partial charge on any atom is 0.323 e. The van der Waals surface area contributed by atoms with Gasteiger partial charge in [0.15, 0.2) is 5.78 Å². The second-order valence-electron chi connectivity index (χ2n) is 6.08. The molecule has 1 amide bonds. The molecule has 0 saturated carbocycles. The Bertz CT molecular complexity index is 847. The molecular formula is C20H19NO5. The summed E-state index contributed by atoms with van der Waals surface area (Å²) in [7, 11) is 0. The number of ether oxygens (including phenoxy) is 1. The molecule has 0 saturated heterocycles. The molecule has 0 spiro atoms. The molecule has 6 heteroatoms. The van der Waals surface area contributed by atoms with E-state index < -0.39 is 24.5 Å². The normalized spacial score (nSPS) is 16.0.